The lowest BCUT2D eigenvalue weighted by Gasteiger charge is -2.13. The molecule has 0 unspecified atom stereocenters. The van der Waals surface area contributed by atoms with Crippen molar-refractivity contribution in [2.75, 3.05) is 31.7 Å². The molecule has 0 aliphatic heterocycles. The molecule has 0 fully saturated rings. The second-order valence-corrected chi connectivity index (χ2v) is 8.48. The molecular weight excluding hydrogens is 498 g/mol. The van der Waals surface area contributed by atoms with Crippen molar-refractivity contribution < 1.29 is 28.5 Å². The average molecular weight is 534 g/mol. The van der Waals surface area contributed by atoms with Crippen LogP contribution in [-0.4, -0.2) is 44.5 Å². The van der Waals surface area contributed by atoms with Gasteiger partial charge in [-0.25, -0.2) is 5.43 Å². The highest BCUT2D eigenvalue weighted by Gasteiger charge is 2.12. The van der Waals surface area contributed by atoms with Gasteiger partial charge in [0, 0.05) is 11.3 Å². The van der Waals surface area contributed by atoms with Gasteiger partial charge < -0.3 is 24.3 Å². The van der Waals surface area contributed by atoms with Crippen molar-refractivity contribution in [2.24, 2.45) is 5.10 Å². The summed E-state index contributed by atoms with van der Waals surface area (Å²) in [6.45, 7) is 8.96. The quantitative estimate of drug-likeness (QED) is 0.213. The Bertz CT molecular complexity index is 1270. The summed E-state index contributed by atoms with van der Waals surface area (Å²) in [4.78, 5) is 24.9. The van der Waals surface area contributed by atoms with Crippen LogP contribution < -0.4 is 29.7 Å². The number of carbonyl (C=O) groups is 2. The Morgan fingerprint density at radius 3 is 2.15 bits per heavy atom. The van der Waals surface area contributed by atoms with E-state index >= 15 is 0 Å². The molecule has 39 heavy (non-hydrogen) atoms. The van der Waals surface area contributed by atoms with Gasteiger partial charge in [0.05, 0.1) is 26.0 Å². The first-order valence-corrected chi connectivity index (χ1v) is 12.9. The maximum absolute atomic E-state index is 12.6. The number of nitrogens with zero attached hydrogens (tertiary/aromatic N) is 1. The number of carbonyl (C=O) groups excluding carboxylic acids is 2. The molecule has 3 rings (SSSR count). The molecule has 0 atom stereocenters. The molecule has 3 aromatic carbocycles. The van der Waals surface area contributed by atoms with Crippen molar-refractivity contribution >= 4 is 23.7 Å². The van der Waals surface area contributed by atoms with Crippen LogP contribution in [0.4, 0.5) is 5.69 Å². The van der Waals surface area contributed by atoms with Crippen LogP contribution in [0.5, 0.6) is 23.0 Å². The second-order valence-electron chi connectivity index (χ2n) is 8.48. The molecule has 0 saturated heterocycles. The summed E-state index contributed by atoms with van der Waals surface area (Å²) in [5.74, 6) is 1.31. The number of hydrogen-bond donors (Lipinski definition) is 2. The zero-order chi connectivity index (χ0) is 28.0. The first-order valence-electron chi connectivity index (χ1n) is 12.9. The fourth-order valence-electron chi connectivity index (χ4n) is 3.45. The van der Waals surface area contributed by atoms with Crippen LogP contribution in [0.2, 0.25) is 0 Å². The lowest BCUT2D eigenvalue weighted by atomic mass is 10.2. The van der Waals surface area contributed by atoms with Gasteiger partial charge in [0.25, 0.3) is 11.8 Å². The van der Waals surface area contributed by atoms with Gasteiger partial charge in [0.15, 0.2) is 29.6 Å². The number of ether oxygens (including phenoxy) is 4. The first kappa shape index (κ1) is 29.0. The van der Waals surface area contributed by atoms with Crippen molar-refractivity contribution in [2.45, 2.75) is 34.1 Å². The van der Waals surface area contributed by atoms with E-state index < -0.39 is 0 Å². The summed E-state index contributed by atoms with van der Waals surface area (Å²) < 4.78 is 22.7. The van der Waals surface area contributed by atoms with E-state index in [4.69, 9.17) is 18.9 Å². The number of hydrogen-bond acceptors (Lipinski definition) is 7. The van der Waals surface area contributed by atoms with Gasteiger partial charge in [-0.2, -0.15) is 5.10 Å². The predicted octanol–water partition coefficient (Wildman–Crippen LogP) is 5.36. The van der Waals surface area contributed by atoms with E-state index in [1.807, 2.05) is 52.0 Å². The minimum absolute atomic E-state index is 0.177. The molecular formula is C30H35N3O6. The van der Waals surface area contributed by atoms with E-state index in [-0.39, 0.29) is 18.4 Å². The first-order chi connectivity index (χ1) is 18.9. The van der Waals surface area contributed by atoms with Crippen molar-refractivity contribution in [3.8, 4) is 23.0 Å². The predicted molar refractivity (Wildman–Crippen MR) is 151 cm³/mol. The average Bonchev–Trinajstić information content (AvgIpc) is 2.93. The highest BCUT2D eigenvalue weighted by Crippen LogP contribution is 2.29. The molecule has 0 aromatic heterocycles. The lowest BCUT2D eigenvalue weighted by molar-refractivity contribution is -0.118. The number of aryl methyl sites for hydroxylation is 1. The molecule has 0 radical (unpaired) electrons. The highest BCUT2D eigenvalue weighted by atomic mass is 16.5. The third-order valence-electron chi connectivity index (χ3n) is 5.31. The molecule has 9 nitrogen and oxygen atoms in total. The lowest BCUT2D eigenvalue weighted by Crippen LogP contribution is -2.20. The van der Waals surface area contributed by atoms with Gasteiger partial charge in [0.1, 0.15) is 0 Å². The van der Waals surface area contributed by atoms with Crippen molar-refractivity contribution in [3.05, 3.63) is 77.4 Å². The molecule has 0 aliphatic carbocycles. The van der Waals surface area contributed by atoms with E-state index in [9.17, 15) is 9.59 Å². The number of amides is 2. The van der Waals surface area contributed by atoms with Crippen LogP contribution in [0, 0.1) is 6.92 Å². The molecule has 0 bridgehead atoms. The number of rotatable bonds is 14. The molecule has 2 N–H and O–H groups in total. The van der Waals surface area contributed by atoms with E-state index in [0.29, 0.717) is 59.6 Å². The summed E-state index contributed by atoms with van der Waals surface area (Å²) >= 11 is 0. The fourth-order valence-corrected chi connectivity index (χ4v) is 3.45. The topological polar surface area (TPSA) is 107 Å². The highest BCUT2D eigenvalue weighted by molar-refractivity contribution is 5.95. The summed E-state index contributed by atoms with van der Waals surface area (Å²) in [6, 6.07) is 17.7. The van der Waals surface area contributed by atoms with Gasteiger partial charge in [-0.1, -0.05) is 24.6 Å². The molecule has 0 heterocycles. The summed E-state index contributed by atoms with van der Waals surface area (Å²) in [6.07, 6.45) is 2.36. The molecule has 0 spiro atoms. The Morgan fingerprint density at radius 1 is 0.795 bits per heavy atom. The van der Waals surface area contributed by atoms with E-state index in [1.165, 1.54) is 6.21 Å². The molecule has 206 valence electrons. The maximum atomic E-state index is 12.6. The number of benzene rings is 3. The fraction of sp³-hybridized carbons (Fsp3) is 0.300. The SMILES string of the molecule is CCCOc1ccc(C(=O)N/N=C/c2ccc(OCC(=O)Nc3ccc(C)cc3)c(OCC)c2)cc1OCC. The van der Waals surface area contributed by atoms with E-state index in [0.717, 1.165) is 12.0 Å². The van der Waals surface area contributed by atoms with Gasteiger partial charge in [-0.3, -0.25) is 9.59 Å². The third-order valence-corrected chi connectivity index (χ3v) is 5.31. The second kappa shape index (κ2) is 15.0. The Labute approximate surface area is 229 Å². The van der Waals surface area contributed by atoms with Crippen LogP contribution in [-0.2, 0) is 4.79 Å². The van der Waals surface area contributed by atoms with Gasteiger partial charge >= 0.3 is 0 Å². The third kappa shape index (κ3) is 9.07. The van der Waals surface area contributed by atoms with Crippen LogP contribution in [0.15, 0.2) is 65.8 Å². The Hall–Kier alpha value is -4.53. The molecule has 0 saturated carbocycles. The van der Waals surface area contributed by atoms with Crippen LogP contribution >= 0.6 is 0 Å². The zero-order valence-electron chi connectivity index (χ0n) is 22.8. The molecule has 3 aromatic rings. The molecule has 9 heteroatoms. The summed E-state index contributed by atoms with van der Waals surface area (Å²) in [5, 5.41) is 6.86. The van der Waals surface area contributed by atoms with Crippen LogP contribution in [0.3, 0.4) is 0 Å². The molecule has 2 amide bonds. The van der Waals surface area contributed by atoms with Gasteiger partial charge in [-0.05, 0) is 81.3 Å². The smallest absolute Gasteiger partial charge is 0.271 e. The summed E-state index contributed by atoms with van der Waals surface area (Å²) in [5.41, 5.74) is 5.39. The molecule has 0 aliphatic rings. The maximum Gasteiger partial charge on any atom is 0.271 e. The minimum atomic E-state index is -0.390. The van der Waals surface area contributed by atoms with Crippen molar-refractivity contribution in [1.82, 2.24) is 5.43 Å². The minimum Gasteiger partial charge on any atom is -0.490 e. The normalized spacial score (nSPS) is 10.7. The van der Waals surface area contributed by atoms with Crippen LogP contribution in [0.1, 0.15) is 48.7 Å². The number of hydrazone groups is 1. The number of anilines is 1. The van der Waals surface area contributed by atoms with Crippen LogP contribution in [0.25, 0.3) is 0 Å². The van der Waals surface area contributed by atoms with Gasteiger partial charge in [-0.15, -0.1) is 0 Å². The van der Waals surface area contributed by atoms with Crippen molar-refractivity contribution in [1.29, 1.82) is 0 Å². The standard InChI is InChI=1S/C30H35N3O6/c1-5-16-38-25-15-11-23(18-28(25)37-7-3)30(35)33-31-19-22-10-14-26(27(17-22)36-6-2)39-20-29(34)32-24-12-8-21(4)9-13-24/h8-15,17-19H,5-7,16,20H2,1-4H3,(H,32,34)(H,33,35)/b31-19+. The van der Waals surface area contributed by atoms with Crippen molar-refractivity contribution in [3.63, 3.8) is 0 Å². The Balaban J connectivity index is 1.61. The largest absolute Gasteiger partial charge is 0.490 e. The number of nitrogens with one attached hydrogen (secondary N) is 2. The van der Waals surface area contributed by atoms with E-state index in [1.54, 1.807) is 36.4 Å². The summed E-state index contributed by atoms with van der Waals surface area (Å²) in [7, 11) is 0. The van der Waals surface area contributed by atoms with E-state index in [2.05, 4.69) is 15.8 Å². The Morgan fingerprint density at radius 2 is 1.46 bits per heavy atom. The zero-order valence-corrected chi connectivity index (χ0v) is 22.8. The van der Waals surface area contributed by atoms with Gasteiger partial charge in [0.2, 0.25) is 0 Å². The monoisotopic (exact) mass is 533 g/mol. The Kier molecular flexibility index (Phi) is 11.2.